The Labute approximate surface area is 221 Å². The van der Waals surface area contributed by atoms with E-state index in [0.29, 0.717) is 17.9 Å². The molecule has 2 amide bonds. The van der Waals surface area contributed by atoms with Gasteiger partial charge in [-0.1, -0.05) is 42.0 Å². The van der Waals surface area contributed by atoms with Crippen LogP contribution in [0.3, 0.4) is 0 Å². The quantitative estimate of drug-likeness (QED) is 0.177. The van der Waals surface area contributed by atoms with E-state index < -0.39 is 46.9 Å². The summed E-state index contributed by atoms with van der Waals surface area (Å²) in [6.07, 6.45) is 0.334. The van der Waals surface area contributed by atoms with Crippen LogP contribution in [0.5, 0.6) is 0 Å². The van der Waals surface area contributed by atoms with Crippen molar-refractivity contribution in [3.63, 3.8) is 0 Å². The van der Waals surface area contributed by atoms with Crippen molar-refractivity contribution >= 4 is 35.4 Å². The Hall–Kier alpha value is -1.62. The molecule has 0 radical (unpaired) electrons. The van der Waals surface area contributed by atoms with E-state index in [2.05, 4.69) is 6.08 Å². The minimum atomic E-state index is -2.08. The second-order valence-corrected chi connectivity index (χ2v) is 11.2. The summed E-state index contributed by atoms with van der Waals surface area (Å²) in [4.78, 5) is 23.9. The zero-order valence-corrected chi connectivity index (χ0v) is 22.7. The van der Waals surface area contributed by atoms with E-state index in [1.165, 1.54) is 7.11 Å². The van der Waals surface area contributed by atoms with Crippen LogP contribution >= 0.6 is 23.4 Å². The molecule has 0 bridgehead atoms. The van der Waals surface area contributed by atoms with Gasteiger partial charge in [0.25, 0.3) is 0 Å². The first-order chi connectivity index (χ1) is 17.0. The number of thioether (sulfide) groups is 1. The molecule has 3 N–H and O–H groups in total. The molecule has 1 aromatic carbocycles. The van der Waals surface area contributed by atoms with Crippen molar-refractivity contribution < 1.29 is 34.0 Å². The van der Waals surface area contributed by atoms with Gasteiger partial charge in [0.15, 0.2) is 0 Å². The van der Waals surface area contributed by atoms with Gasteiger partial charge in [-0.3, -0.25) is 10.1 Å². The molecule has 6 unspecified atom stereocenters. The molecule has 2 aliphatic rings. The fraction of sp³-hybridized carbons (Fsp3) is 0.615. The zero-order chi connectivity index (χ0) is 26.6. The van der Waals surface area contributed by atoms with Crippen LogP contribution in [0.1, 0.15) is 45.6 Å². The lowest BCUT2D eigenvalue weighted by atomic mass is 9.65. The summed E-state index contributed by atoms with van der Waals surface area (Å²) in [5.74, 6) is -2.91. The van der Waals surface area contributed by atoms with Crippen molar-refractivity contribution in [2.45, 2.75) is 75.0 Å². The van der Waals surface area contributed by atoms with Gasteiger partial charge in [0.2, 0.25) is 11.7 Å². The van der Waals surface area contributed by atoms with Gasteiger partial charge in [-0.05, 0) is 39.2 Å². The first-order valence-corrected chi connectivity index (χ1v) is 13.7. The molecule has 6 atom stereocenters. The number of hydrogen-bond acceptors (Lipinski definition) is 8. The molecule has 1 aliphatic carbocycles. The van der Waals surface area contributed by atoms with Gasteiger partial charge in [-0.2, -0.15) is 11.8 Å². The Morgan fingerprint density at radius 2 is 1.94 bits per heavy atom. The van der Waals surface area contributed by atoms with Crippen LogP contribution in [0.15, 0.2) is 42.0 Å². The van der Waals surface area contributed by atoms with E-state index >= 15 is 0 Å². The Bertz CT molecular complexity index is 959. The molecule has 1 saturated heterocycles. The Morgan fingerprint density at radius 1 is 1.25 bits per heavy atom. The fourth-order valence-corrected chi connectivity index (χ4v) is 6.36. The number of halogens is 1. The standard InChI is InChI=1S/C26H36ClNO7S/c1-17(2)10-11-19-24(3,34-19)21-22(33-4)26(32,35-23(30)28-20(29)14-27)13-12-25(21,31)16-36-15-18-8-6-5-7-9-18/h5-10,19,21-22,31-32H,11-16H2,1-4H3,(H,28,29,30). The number of benzene rings is 1. The number of rotatable bonds is 10. The average molecular weight is 542 g/mol. The molecule has 1 aliphatic heterocycles. The number of ether oxygens (including phenoxy) is 3. The molecule has 10 heteroatoms. The summed E-state index contributed by atoms with van der Waals surface area (Å²) in [5, 5.41) is 25.4. The van der Waals surface area contributed by atoms with Crippen molar-refractivity contribution in [1.29, 1.82) is 0 Å². The molecule has 2 fully saturated rings. The van der Waals surface area contributed by atoms with Crippen LogP contribution in [0.2, 0.25) is 0 Å². The average Bonchev–Trinajstić information content (AvgIpc) is 3.50. The third-order valence-corrected chi connectivity index (χ3v) is 8.41. The van der Waals surface area contributed by atoms with E-state index in [0.717, 1.165) is 11.1 Å². The number of epoxide rings is 1. The lowest BCUT2D eigenvalue weighted by Crippen LogP contribution is -2.67. The van der Waals surface area contributed by atoms with Gasteiger partial charge in [-0.15, -0.1) is 11.6 Å². The Kier molecular flexibility index (Phi) is 9.52. The predicted molar refractivity (Wildman–Crippen MR) is 139 cm³/mol. The highest BCUT2D eigenvalue weighted by Gasteiger charge is 2.70. The van der Waals surface area contributed by atoms with Crippen LogP contribution in [-0.2, 0) is 24.8 Å². The van der Waals surface area contributed by atoms with Gasteiger partial charge in [0.1, 0.15) is 17.6 Å². The number of methoxy groups -OCH3 is 1. The van der Waals surface area contributed by atoms with Crippen molar-refractivity contribution in [1.82, 2.24) is 5.32 Å². The third-order valence-electron chi connectivity index (χ3n) is 6.93. The third kappa shape index (κ3) is 6.62. The van der Waals surface area contributed by atoms with Crippen molar-refractivity contribution in [2.24, 2.45) is 5.92 Å². The van der Waals surface area contributed by atoms with E-state index in [9.17, 15) is 19.8 Å². The fourth-order valence-electron chi connectivity index (χ4n) is 5.08. The highest BCUT2D eigenvalue weighted by molar-refractivity contribution is 7.98. The number of hydrogen-bond donors (Lipinski definition) is 3. The minimum Gasteiger partial charge on any atom is -0.414 e. The number of carbonyl (C=O) groups excluding carboxylic acids is 2. The predicted octanol–water partition coefficient (Wildman–Crippen LogP) is 3.77. The van der Waals surface area contributed by atoms with Crippen molar-refractivity contribution in [2.75, 3.05) is 18.7 Å². The van der Waals surface area contributed by atoms with Crippen LogP contribution < -0.4 is 5.32 Å². The Morgan fingerprint density at radius 3 is 2.56 bits per heavy atom. The number of amides is 2. The normalized spacial score (nSPS) is 33.5. The number of imide groups is 1. The molecule has 1 aromatic rings. The molecule has 200 valence electrons. The van der Waals surface area contributed by atoms with E-state index in [1.807, 2.05) is 56.4 Å². The second-order valence-electron chi connectivity index (χ2n) is 9.94. The summed E-state index contributed by atoms with van der Waals surface area (Å²) < 4.78 is 17.2. The molecule has 0 spiro atoms. The first-order valence-electron chi connectivity index (χ1n) is 12.0. The van der Waals surface area contributed by atoms with E-state index in [-0.39, 0.29) is 18.9 Å². The zero-order valence-electron chi connectivity index (χ0n) is 21.2. The highest BCUT2D eigenvalue weighted by atomic mass is 35.5. The monoisotopic (exact) mass is 541 g/mol. The smallest absolute Gasteiger partial charge is 0.414 e. The lowest BCUT2D eigenvalue weighted by Gasteiger charge is -2.52. The summed E-state index contributed by atoms with van der Waals surface area (Å²) in [6.45, 7) is 5.90. The number of alkyl carbamates (subject to hydrolysis) is 1. The highest BCUT2D eigenvalue weighted by Crippen LogP contribution is 2.57. The minimum absolute atomic E-state index is 0.0817. The number of carbonyl (C=O) groups is 2. The van der Waals surface area contributed by atoms with Gasteiger partial charge >= 0.3 is 6.09 Å². The van der Waals surface area contributed by atoms with Crippen molar-refractivity contribution in [3.8, 4) is 0 Å². The SMILES string of the molecule is COC1C(C2(C)OC2CC=C(C)C)C(O)(CSCc2ccccc2)CCC1(O)OC(=O)NC(=O)CCl. The maximum atomic E-state index is 12.3. The summed E-state index contributed by atoms with van der Waals surface area (Å²) in [6, 6.07) is 9.96. The van der Waals surface area contributed by atoms with Crippen LogP contribution in [0.25, 0.3) is 0 Å². The van der Waals surface area contributed by atoms with E-state index in [4.69, 9.17) is 25.8 Å². The molecule has 36 heavy (non-hydrogen) atoms. The van der Waals surface area contributed by atoms with Crippen LogP contribution in [-0.4, -0.2) is 70.2 Å². The molecular formula is C26H36ClNO7S. The molecule has 1 saturated carbocycles. The topological polar surface area (TPSA) is 118 Å². The number of alkyl halides is 1. The molecule has 8 nitrogen and oxygen atoms in total. The second kappa shape index (κ2) is 11.8. The first kappa shape index (κ1) is 28.9. The molecular weight excluding hydrogens is 506 g/mol. The number of nitrogens with one attached hydrogen (secondary N) is 1. The molecule has 1 heterocycles. The summed E-state index contributed by atoms with van der Waals surface area (Å²) in [7, 11) is 1.40. The number of allylic oxidation sites excluding steroid dienone is 1. The Balaban J connectivity index is 1.85. The van der Waals surface area contributed by atoms with Gasteiger partial charge in [0.05, 0.1) is 17.6 Å². The van der Waals surface area contributed by atoms with Crippen molar-refractivity contribution in [3.05, 3.63) is 47.5 Å². The maximum absolute atomic E-state index is 12.3. The molecule has 0 aromatic heterocycles. The van der Waals surface area contributed by atoms with Gasteiger partial charge in [0, 0.05) is 25.0 Å². The van der Waals surface area contributed by atoms with E-state index in [1.54, 1.807) is 11.8 Å². The van der Waals surface area contributed by atoms with Crippen LogP contribution in [0, 0.1) is 5.92 Å². The lowest BCUT2D eigenvalue weighted by molar-refractivity contribution is -0.294. The van der Waals surface area contributed by atoms with Crippen LogP contribution in [0.4, 0.5) is 4.79 Å². The van der Waals surface area contributed by atoms with Gasteiger partial charge < -0.3 is 24.4 Å². The summed E-state index contributed by atoms with van der Waals surface area (Å²) >= 11 is 7.04. The number of aliphatic hydroxyl groups is 2. The maximum Gasteiger partial charge on any atom is 0.416 e. The molecule has 3 rings (SSSR count). The summed E-state index contributed by atoms with van der Waals surface area (Å²) in [5.41, 5.74) is 0.188. The largest absolute Gasteiger partial charge is 0.416 e. The van der Waals surface area contributed by atoms with Gasteiger partial charge in [-0.25, -0.2) is 4.79 Å².